The van der Waals surface area contributed by atoms with E-state index in [1.807, 2.05) is 26.8 Å². The number of nitrogens with two attached hydrogens (primary N) is 1. The second-order valence-corrected chi connectivity index (χ2v) is 11.7. The molecule has 2 unspecified atom stereocenters. The van der Waals surface area contributed by atoms with Gasteiger partial charge in [-0.05, 0) is 63.5 Å². The Morgan fingerprint density at radius 1 is 1.04 bits per heavy atom. The Morgan fingerprint density at radius 2 is 1.69 bits per heavy atom. The number of carboxylic acids is 1. The molecule has 0 aliphatic heterocycles. The van der Waals surface area contributed by atoms with Crippen molar-refractivity contribution in [3.8, 4) is 0 Å². The van der Waals surface area contributed by atoms with Crippen molar-refractivity contribution in [2.75, 3.05) is 19.7 Å². The van der Waals surface area contributed by atoms with Crippen LogP contribution in [0.4, 0.5) is 0 Å². The SMILES string of the molecule is CC.CCCN(CC(=O)O)C(=O)C(CC1CCCCC1)NC(=O)[C@](C)(CC)NC(=O)C(N)CCCCOC(=O)c1ccccc1. The van der Waals surface area contributed by atoms with E-state index in [9.17, 15) is 29.1 Å². The third-order valence-electron chi connectivity index (χ3n) is 8.12. The summed E-state index contributed by atoms with van der Waals surface area (Å²) in [5.41, 5.74) is 5.28. The fourth-order valence-corrected chi connectivity index (χ4v) is 5.31. The minimum atomic E-state index is -1.33. The number of nitrogens with one attached hydrogen (secondary N) is 2. The predicted octanol–water partition coefficient (Wildman–Crippen LogP) is 4.43. The summed E-state index contributed by atoms with van der Waals surface area (Å²) in [6.07, 6.45) is 7.83. The molecule has 3 amide bonds. The van der Waals surface area contributed by atoms with Crippen molar-refractivity contribution >= 4 is 29.7 Å². The molecule has 2 rings (SSSR count). The summed E-state index contributed by atoms with van der Waals surface area (Å²) in [5, 5.41) is 15.0. The number of unbranched alkanes of at least 4 members (excludes halogenated alkanes) is 1. The lowest BCUT2D eigenvalue weighted by atomic mass is 9.84. The first kappa shape index (κ1) is 39.6. The summed E-state index contributed by atoms with van der Waals surface area (Å²) in [4.78, 5) is 64.9. The van der Waals surface area contributed by atoms with E-state index < -0.39 is 53.8 Å². The molecule has 0 radical (unpaired) electrons. The summed E-state index contributed by atoms with van der Waals surface area (Å²) in [5.74, 6) is -2.69. The molecule has 0 saturated heterocycles. The van der Waals surface area contributed by atoms with E-state index >= 15 is 0 Å². The van der Waals surface area contributed by atoms with Gasteiger partial charge in [0.15, 0.2) is 0 Å². The van der Waals surface area contributed by atoms with E-state index in [1.165, 1.54) is 4.90 Å². The van der Waals surface area contributed by atoms with Gasteiger partial charge in [-0.25, -0.2) is 4.79 Å². The molecule has 0 bridgehead atoms. The van der Waals surface area contributed by atoms with Crippen LogP contribution in [-0.2, 0) is 23.9 Å². The zero-order valence-corrected chi connectivity index (χ0v) is 27.9. The molecule has 3 atom stereocenters. The summed E-state index contributed by atoms with van der Waals surface area (Å²) < 4.78 is 5.27. The molecule has 11 nitrogen and oxygen atoms in total. The third kappa shape index (κ3) is 14.0. The van der Waals surface area contributed by atoms with E-state index in [1.54, 1.807) is 38.1 Å². The first-order chi connectivity index (χ1) is 21.5. The van der Waals surface area contributed by atoms with Gasteiger partial charge in [-0.1, -0.05) is 78.0 Å². The maximum Gasteiger partial charge on any atom is 0.338 e. The van der Waals surface area contributed by atoms with Gasteiger partial charge in [-0.3, -0.25) is 19.2 Å². The molecular formula is C34H56N4O7. The quantitative estimate of drug-likeness (QED) is 0.136. The van der Waals surface area contributed by atoms with Crippen LogP contribution >= 0.6 is 0 Å². The largest absolute Gasteiger partial charge is 0.480 e. The highest BCUT2D eigenvalue weighted by atomic mass is 16.5. The highest BCUT2D eigenvalue weighted by Gasteiger charge is 2.38. The van der Waals surface area contributed by atoms with Crippen LogP contribution in [0.25, 0.3) is 0 Å². The van der Waals surface area contributed by atoms with Gasteiger partial charge in [0.05, 0.1) is 18.2 Å². The average molecular weight is 633 g/mol. The molecule has 1 aromatic carbocycles. The maximum atomic E-state index is 13.6. The lowest BCUT2D eigenvalue weighted by Gasteiger charge is -2.34. The van der Waals surface area contributed by atoms with E-state index in [2.05, 4.69) is 10.6 Å². The number of carbonyl (C=O) groups excluding carboxylic acids is 4. The van der Waals surface area contributed by atoms with E-state index in [4.69, 9.17) is 10.5 Å². The number of amides is 3. The fraction of sp³-hybridized carbons (Fsp3) is 0.676. The molecule has 45 heavy (non-hydrogen) atoms. The van der Waals surface area contributed by atoms with Crippen molar-refractivity contribution in [1.29, 1.82) is 0 Å². The monoisotopic (exact) mass is 632 g/mol. The van der Waals surface area contributed by atoms with Crippen LogP contribution in [0.3, 0.4) is 0 Å². The van der Waals surface area contributed by atoms with Gasteiger partial charge in [0.2, 0.25) is 17.7 Å². The number of hydrogen-bond donors (Lipinski definition) is 4. The molecule has 11 heteroatoms. The smallest absolute Gasteiger partial charge is 0.338 e. The van der Waals surface area contributed by atoms with Crippen LogP contribution in [-0.4, -0.2) is 77.0 Å². The standard InChI is InChI=1S/C32H50N4O7.C2H6/c1-4-19-36(22-27(37)38)29(40)26(21-23-14-8-6-9-15-23)34-31(42)32(3,5-2)35-28(39)25(33)18-12-13-20-43-30(41)24-16-10-7-11-17-24;1-2/h7,10-11,16-17,23,25-26H,4-6,8-9,12-15,18-22,33H2,1-3H3,(H,34,42)(H,35,39)(H,37,38);1-2H3/t25?,26?,32-;/m0./s1. The molecule has 1 fully saturated rings. The molecule has 5 N–H and O–H groups in total. The lowest BCUT2D eigenvalue weighted by Crippen LogP contribution is -2.62. The number of esters is 1. The van der Waals surface area contributed by atoms with Crippen molar-refractivity contribution in [2.24, 2.45) is 11.7 Å². The molecule has 0 aromatic heterocycles. The maximum absolute atomic E-state index is 13.6. The Balaban J connectivity index is 0.00000496. The molecule has 254 valence electrons. The fourth-order valence-electron chi connectivity index (χ4n) is 5.31. The normalized spacial score (nSPS) is 15.7. The Hall–Kier alpha value is -3.47. The summed E-state index contributed by atoms with van der Waals surface area (Å²) >= 11 is 0. The number of aliphatic carboxylic acids is 1. The van der Waals surface area contributed by atoms with Crippen LogP contribution in [0.1, 0.15) is 116 Å². The summed E-state index contributed by atoms with van der Waals surface area (Å²) in [7, 11) is 0. The number of hydrogen-bond acceptors (Lipinski definition) is 7. The first-order valence-corrected chi connectivity index (χ1v) is 16.6. The van der Waals surface area contributed by atoms with Gasteiger partial charge in [0.1, 0.15) is 18.1 Å². The molecular weight excluding hydrogens is 576 g/mol. The van der Waals surface area contributed by atoms with Gasteiger partial charge in [-0.15, -0.1) is 0 Å². The molecule has 1 aliphatic rings. The predicted molar refractivity (Wildman–Crippen MR) is 174 cm³/mol. The second kappa shape index (κ2) is 21.3. The van der Waals surface area contributed by atoms with Gasteiger partial charge in [0.25, 0.3) is 0 Å². The van der Waals surface area contributed by atoms with Crippen LogP contribution in [0.5, 0.6) is 0 Å². The van der Waals surface area contributed by atoms with Crippen LogP contribution in [0.2, 0.25) is 0 Å². The minimum absolute atomic E-state index is 0.199. The van der Waals surface area contributed by atoms with E-state index in [0.29, 0.717) is 37.7 Å². The zero-order valence-electron chi connectivity index (χ0n) is 27.9. The summed E-state index contributed by atoms with van der Waals surface area (Å²) in [6.45, 7) is 9.25. The van der Waals surface area contributed by atoms with Crippen molar-refractivity contribution in [1.82, 2.24) is 15.5 Å². The van der Waals surface area contributed by atoms with Crippen LogP contribution in [0.15, 0.2) is 30.3 Å². The van der Waals surface area contributed by atoms with Crippen molar-refractivity contribution in [3.63, 3.8) is 0 Å². The topological polar surface area (TPSA) is 168 Å². The number of ether oxygens (including phenoxy) is 1. The van der Waals surface area contributed by atoms with E-state index in [-0.39, 0.29) is 25.5 Å². The van der Waals surface area contributed by atoms with Crippen LogP contribution < -0.4 is 16.4 Å². The minimum Gasteiger partial charge on any atom is -0.480 e. The van der Waals surface area contributed by atoms with Gasteiger partial charge in [-0.2, -0.15) is 0 Å². The Morgan fingerprint density at radius 3 is 2.27 bits per heavy atom. The molecule has 0 heterocycles. The highest BCUT2D eigenvalue weighted by Crippen LogP contribution is 2.28. The Bertz CT molecular complexity index is 1060. The Kier molecular flexibility index (Phi) is 18.7. The molecule has 1 aromatic rings. The highest BCUT2D eigenvalue weighted by molar-refractivity contribution is 5.96. The Labute approximate surface area is 269 Å². The number of nitrogens with zero attached hydrogens (tertiary/aromatic N) is 1. The number of rotatable bonds is 18. The number of carbonyl (C=O) groups is 5. The number of benzene rings is 1. The first-order valence-electron chi connectivity index (χ1n) is 16.6. The third-order valence-corrected chi connectivity index (χ3v) is 8.12. The van der Waals surface area contributed by atoms with E-state index in [0.717, 1.165) is 32.1 Å². The number of carboxylic acid groups (broad SMARTS) is 1. The molecule has 0 spiro atoms. The zero-order chi connectivity index (χ0) is 33.8. The molecule has 1 aliphatic carbocycles. The average Bonchev–Trinajstić information content (AvgIpc) is 3.05. The van der Waals surface area contributed by atoms with Crippen LogP contribution in [0, 0.1) is 5.92 Å². The summed E-state index contributed by atoms with van der Waals surface area (Å²) in [6, 6.07) is 6.91. The second-order valence-electron chi connectivity index (χ2n) is 11.7. The van der Waals surface area contributed by atoms with Crippen molar-refractivity contribution in [3.05, 3.63) is 35.9 Å². The van der Waals surface area contributed by atoms with Crippen molar-refractivity contribution in [2.45, 2.75) is 123 Å². The lowest BCUT2D eigenvalue weighted by molar-refractivity contribution is -0.146. The van der Waals surface area contributed by atoms with Gasteiger partial charge >= 0.3 is 11.9 Å². The van der Waals surface area contributed by atoms with Crippen molar-refractivity contribution < 1.29 is 33.8 Å². The molecule has 1 saturated carbocycles. The van der Waals surface area contributed by atoms with Gasteiger partial charge < -0.3 is 31.1 Å². The van der Waals surface area contributed by atoms with Gasteiger partial charge in [0, 0.05) is 6.54 Å².